The minimum atomic E-state index is -2.05. The number of esters is 1. The fourth-order valence-electron chi connectivity index (χ4n) is 8.66. The third-order valence-corrected chi connectivity index (χ3v) is 10.7. The van der Waals surface area contributed by atoms with Crippen LogP contribution in [0.1, 0.15) is 65.2 Å². The van der Waals surface area contributed by atoms with E-state index >= 15 is 4.39 Å². The van der Waals surface area contributed by atoms with E-state index in [1.807, 2.05) is 0 Å². The van der Waals surface area contributed by atoms with E-state index in [2.05, 4.69) is 0 Å². The SMILES string of the molecule is C[C@@H]1C[C@@H]2[C@H](C[C@H](O)[C@@]3(F)[C@H]2CCC2=CC(=O)C=C[C@@]23C)[C@@]1(O)C(=O)COC(=O)[C@@H]1CCCC[C@H]1C(=O)O. The summed E-state index contributed by atoms with van der Waals surface area (Å²) in [5.74, 6) is -6.65. The predicted molar refractivity (Wildman–Crippen MR) is 132 cm³/mol. The van der Waals surface area contributed by atoms with Crippen molar-refractivity contribution in [1.29, 1.82) is 0 Å². The number of aliphatic hydroxyl groups excluding tert-OH is 1. The minimum Gasteiger partial charge on any atom is -0.481 e. The molecular weight excluding hydrogens is 495 g/mol. The highest BCUT2D eigenvalue weighted by Crippen LogP contribution is 2.66. The Morgan fingerprint density at radius 2 is 1.79 bits per heavy atom. The zero-order valence-electron chi connectivity index (χ0n) is 21.9. The second-order valence-electron chi connectivity index (χ2n) is 12.4. The number of aliphatic hydroxyl groups is 2. The molecule has 4 saturated carbocycles. The van der Waals surface area contributed by atoms with Gasteiger partial charge in [0.1, 0.15) is 5.60 Å². The molecule has 0 unspecified atom stereocenters. The van der Waals surface area contributed by atoms with E-state index in [-0.39, 0.29) is 18.1 Å². The van der Waals surface area contributed by atoms with Gasteiger partial charge in [-0.15, -0.1) is 0 Å². The molecule has 5 aliphatic carbocycles. The highest BCUT2D eigenvalue weighted by molar-refractivity contribution is 6.01. The summed E-state index contributed by atoms with van der Waals surface area (Å²) in [5, 5.41) is 32.5. The first-order valence-corrected chi connectivity index (χ1v) is 13.8. The lowest BCUT2D eigenvalue weighted by Gasteiger charge is -2.59. The maximum absolute atomic E-state index is 17.1. The number of hydrogen-bond acceptors (Lipinski definition) is 7. The van der Waals surface area contributed by atoms with Crippen LogP contribution in [0.15, 0.2) is 23.8 Å². The van der Waals surface area contributed by atoms with Crippen LogP contribution < -0.4 is 0 Å². The predicted octanol–water partition coefficient (Wildman–Crippen LogP) is 2.95. The summed E-state index contributed by atoms with van der Waals surface area (Å²) in [6, 6.07) is 0. The molecule has 38 heavy (non-hydrogen) atoms. The van der Waals surface area contributed by atoms with E-state index in [9.17, 15) is 34.5 Å². The van der Waals surface area contributed by atoms with Gasteiger partial charge in [-0.05, 0) is 69.4 Å². The highest BCUT2D eigenvalue weighted by atomic mass is 19.1. The van der Waals surface area contributed by atoms with Crippen LogP contribution in [0, 0.1) is 40.9 Å². The van der Waals surface area contributed by atoms with Crippen molar-refractivity contribution in [3.05, 3.63) is 23.8 Å². The Hall–Kier alpha value is -2.39. The summed E-state index contributed by atoms with van der Waals surface area (Å²) in [5.41, 5.74) is -4.45. The molecule has 0 amide bonds. The number of allylic oxidation sites excluding steroid dienone is 4. The number of halogens is 1. The van der Waals surface area contributed by atoms with Gasteiger partial charge in [0.05, 0.1) is 17.9 Å². The number of carboxylic acid groups (broad SMARTS) is 1. The lowest BCUT2D eigenvalue weighted by Crippen LogP contribution is -2.66. The van der Waals surface area contributed by atoms with E-state index in [4.69, 9.17) is 4.74 Å². The zero-order valence-corrected chi connectivity index (χ0v) is 21.9. The largest absolute Gasteiger partial charge is 0.481 e. The fraction of sp³-hybridized carbons (Fsp3) is 0.724. The van der Waals surface area contributed by atoms with E-state index in [0.717, 1.165) is 0 Å². The Morgan fingerprint density at radius 1 is 1.11 bits per heavy atom. The molecule has 0 saturated heterocycles. The van der Waals surface area contributed by atoms with Gasteiger partial charge in [0, 0.05) is 17.3 Å². The number of hydrogen-bond donors (Lipinski definition) is 3. The van der Waals surface area contributed by atoms with Crippen LogP contribution in [0.5, 0.6) is 0 Å². The van der Waals surface area contributed by atoms with E-state index in [0.29, 0.717) is 50.5 Å². The number of ketones is 2. The quantitative estimate of drug-likeness (QED) is 0.460. The van der Waals surface area contributed by atoms with Gasteiger partial charge in [0.15, 0.2) is 18.1 Å². The molecule has 10 atom stereocenters. The number of carbonyl (C=O) groups is 4. The van der Waals surface area contributed by atoms with Gasteiger partial charge in [0.2, 0.25) is 5.78 Å². The lowest BCUT2D eigenvalue weighted by atomic mass is 9.48. The standard InChI is InChI=1S/C29H37FO8/c1-15-11-20-21-8-7-16-12-17(31)9-10-27(16,2)29(21,30)23(32)13-22(20)28(15,37)24(33)14-38-26(36)19-6-4-3-5-18(19)25(34)35/h9-10,12,15,18-23,32,37H,3-8,11,13-14H2,1-2H3,(H,34,35)/t15-,18-,19-,20+,21+,22+,23+,27+,28-,29+/m1/s1. The number of aliphatic carboxylic acids is 1. The Bertz CT molecular complexity index is 1110. The number of rotatable bonds is 5. The fourth-order valence-corrected chi connectivity index (χ4v) is 8.66. The van der Waals surface area contributed by atoms with Gasteiger partial charge < -0.3 is 20.1 Å². The first-order valence-electron chi connectivity index (χ1n) is 13.8. The molecule has 3 N–H and O–H groups in total. The van der Waals surface area contributed by atoms with Gasteiger partial charge in [-0.3, -0.25) is 19.2 Å². The van der Waals surface area contributed by atoms with Crippen molar-refractivity contribution in [2.24, 2.45) is 40.9 Å². The van der Waals surface area contributed by atoms with Crippen LogP contribution in [0.25, 0.3) is 0 Å². The number of Topliss-reactive ketones (excluding diaryl/α,β-unsaturated/α-hetero) is 1. The Morgan fingerprint density at radius 3 is 2.47 bits per heavy atom. The van der Waals surface area contributed by atoms with Gasteiger partial charge in [-0.1, -0.05) is 31.4 Å². The zero-order chi connectivity index (χ0) is 27.6. The van der Waals surface area contributed by atoms with Crippen molar-refractivity contribution in [2.45, 2.75) is 82.6 Å². The van der Waals surface area contributed by atoms with Gasteiger partial charge in [0.25, 0.3) is 0 Å². The molecule has 0 radical (unpaired) electrons. The van der Waals surface area contributed by atoms with E-state index in [1.165, 1.54) is 12.2 Å². The molecule has 0 aromatic rings. The number of alkyl halides is 1. The summed E-state index contributed by atoms with van der Waals surface area (Å²) >= 11 is 0. The molecule has 0 heterocycles. The summed E-state index contributed by atoms with van der Waals surface area (Å²) in [4.78, 5) is 49.7. The molecular formula is C29H37FO8. The van der Waals surface area contributed by atoms with Crippen molar-refractivity contribution >= 4 is 23.5 Å². The molecule has 0 spiro atoms. The van der Waals surface area contributed by atoms with E-state index < -0.39 is 76.7 Å². The van der Waals surface area contributed by atoms with Crippen LogP contribution in [-0.2, 0) is 23.9 Å². The third-order valence-electron chi connectivity index (χ3n) is 10.7. The maximum atomic E-state index is 17.1. The monoisotopic (exact) mass is 532 g/mol. The molecule has 9 heteroatoms. The van der Waals surface area contributed by atoms with Crippen LogP contribution in [0.4, 0.5) is 4.39 Å². The van der Waals surface area contributed by atoms with Gasteiger partial charge in [-0.25, -0.2) is 4.39 Å². The van der Waals surface area contributed by atoms with E-state index in [1.54, 1.807) is 19.9 Å². The van der Waals surface area contributed by atoms with Crippen LogP contribution in [0.2, 0.25) is 0 Å². The highest BCUT2D eigenvalue weighted by Gasteiger charge is 2.71. The molecule has 4 fully saturated rings. The summed E-state index contributed by atoms with van der Waals surface area (Å²) in [6.45, 7) is 2.74. The molecule has 5 aliphatic rings. The van der Waals surface area contributed by atoms with Crippen molar-refractivity contribution in [1.82, 2.24) is 0 Å². The average Bonchev–Trinajstić information content (AvgIpc) is 3.14. The third kappa shape index (κ3) is 3.75. The van der Waals surface area contributed by atoms with Crippen LogP contribution >= 0.6 is 0 Å². The molecule has 208 valence electrons. The maximum Gasteiger partial charge on any atom is 0.310 e. The van der Waals surface area contributed by atoms with Crippen molar-refractivity contribution in [2.75, 3.05) is 6.61 Å². The Kier molecular flexibility index (Phi) is 6.70. The molecule has 0 aromatic heterocycles. The lowest BCUT2D eigenvalue weighted by molar-refractivity contribution is -0.192. The summed E-state index contributed by atoms with van der Waals surface area (Å²) in [6.07, 6.45) is 6.18. The Balaban J connectivity index is 1.35. The number of carboxylic acids is 1. The number of carbonyl (C=O) groups excluding carboxylic acids is 3. The van der Waals surface area contributed by atoms with Crippen molar-refractivity contribution < 1.29 is 43.6 Å². The number of fused-ring (bicyclic) bond motifs is 5. The molecule has 0 aliphatic heterocycles. The van der Waals surface area contributed by atoms with Crippen molar-refractivity contribution in [3.8, 4) is 0 Å². The first kappa shape index (κ1) is 27.2. The average molecular weight is 533 g/mol. The van der Waals surface area contributed by atoms with Crippen LogP contribution in [0.3, 0.4) is 0 Å². The second kappa shape index (κ2) is 9.37. The molecule has 5 rings (SSSR count). The van der Waals surface area contributed by atoms with Crippen molar-refractivity contribution in [3.63, 3.8) is 0 Å². The summed E-state index contributed by atoms with van der Waals surface area (Å²) < 4.78 is 22.4. The minimum absolute atomic E-state index is 0.132. The molecule has 8 nitrogen and oxygen atoms in total. The topological polar surface area (TPSA) is 138 Å². The summed E-state index contributed by atoms with van der Waals surface area (Å²) in [7, 11) is 0. The van der Waals surface area contributed by atoms with Crippen LogP contribution in [-0.4, -0.2) is 62.8 Å². The number of ether oxygens (including phenoxy) is 1. The second-order valence-corrected chi connectivity index (χ2v) is 12.4. The van der Waals surface area contributed by atoms with Gasteiger partial charge >= 0.3 is 11.9 Å². The molecule has 0 bridgehead atoms. The normalized spacial score (nSPS) is 45.9. The Labute approximate surface area is 221 Å². The van der Waals surface area contributed by atoms with Gasteiger partial charge in [-0.2, -0.15) is 0 Å². The molecule has 0 aromatic carbocycles. The first-order chi connectivity index (χ1) is 17.9. The smallest absolute Gasteiger partial charge is 0.310 e.